The van der Waals surface area contributed by atoms with Gasteiger partial charge in [0.25, 0.3) is 0 Å². The summed E-state index contributed by atoms with van der Waals surface area (Å²) in [7, 11) is 0. The minimum absolute atomic E-state index is 0. The van der Waals surface area contributed by atoms with E-state index < -0.39 is 0 Å². The summed E-state index contributed by atoms with van der Waals surface area (Å²) in [5.74, 6) is 0. The normalized spacial score (nSPS) is 0. The third-order valence-electron chi connectivity index (χ3n) is 0. The Kier molecular flexibility index (Phi) is 396. The molecule has 0 saturated carbocycles. The Labute approximate surface area is 60.3 Å². The molecule has 0 bridgehead atoms. The predicted molar refractivity (Wildman–Crippen MR) is 0 cm³/mol. The van der Waals surface area contributed by atoms with Crippen molar-refractivity contribution in [3.63, 3.8) is 0 Å². The third-order valence-corrected chi connectivity index (χ3v) is 0. The van der Waals surface area contributed by atoms with Crippen LogP contribution in [-0.4, -0.2) is 0 Å². The van der Waals surface area contributed by atoms with Gasteiger partial charge < -0.3 is 14.1 Å². The average molecular weight is 230 g/mol. The maximum Gasteiger partial charge on any atom is 2.00 e. The Morgan fingerprint density at radius 1 is 0.500 bits per heavy atom. The molecule has 0 rings (SSSR count). The molecule has 0 aliphatic rings. The van der Waals surface area contributed by atoms with Gasteiger partial charge in [0.1, 0.15) is 0 Å². The molecule has 0 aromatic carbocycles. The topological polar surface area (TPSA) is 0 Å². The Bertz CT molecular complexity index is 3.25. The van der Waals surface area contributed by atoms with Gasteiger partial charge in [-0.05, 0) is 0 Å². The van der Waals surface area contributed by atoms with E-state index in [4.69, 9.17) is 0 Å². The Morgan fingerprint density at radius 2 is 0.500 bits per heavy atom. The summed E-state index contributed by atoms with van der Waals surface area (Å²) in [5.41, 5.74) is 0. The molecule has 0 aromatic heterocycles. The van der Waals surface area contributed by atoms with E-state index in [1.54, 1.807) is 0 Å². The van der Waals surface area contributed by atoms with Gasteiger partial charge in [-0.1, -0.05) is 0 Å². The van der Waals surface area contributed by atoms with Crippen LogP contribution in [0, 0.1) is 46.9 Å². The van der Waals surface area contributed by atoms with Crippen molar-refractivity contribution in [2.75, 3.05) is 0 Å². The minimum Gasteiger partial charge on any atom is -1.00 e. The van der Waals surface area contributed by atoms with Gasteiger partial charge in [0.15, 0.2) is 0 Å². The molecule has 0 aromatic rings. The second-order valence-electron chi connectivity index (χ2n) is 0. The quantitative estimate of drug-likeness (QED) is 0.387. The molecule has 0 amide bonds. The maximum atomic E-state index is 0. The fourth-order valence-corrected chi connectivity index (χ4v) is 0. The summed E-state index contributed by atoms with van der Waals surface area (Å²) < 4.78 is 0. The van der Waals surface area contributed by atoms with Crippen LogP contribution in [0.2, 0.25) is 0 Å². The van der Waals surface area contributed by atoms with Crippen molar-refractivity contribution >= 4 is 0 Å². The number of rotatable bonds is 0. The van der Waals surface area contributed by atoms with E-state index in [0.29, 0.717) is 0 Å². The molecule has 0 heterocycles. The van der Waals surface area contributed by atoms with Gasteiger partial charge in [-0.25, -0.2) is 0 Å². The van der Waals surface area contributed by atoms with Gasteiger partial charge in [-0.2, -0.15) is 0 Å². The maximum absolute atomic E-state index is 0. The molecule has 0 aliphatic heterocycles. The fraction of sp³-hybridized carbons (Fsp3) is 0. The van der Waals surface area contributed by atoms with Gasteiger partial charge >= 0.3 is 46.9 Å². The summed E-state index contributed by atoms with van der Waals surface area (Å²) >= 11 is 0. The van der Waals surface area contributed by atoms with Crippen LogP contribution in [0.25, 0.3) is 0 Å². The molecular formula is F3Yb-. The van der Waals surface area contributed by atoms with Crippen LogP contribution in [0.15, 0.2) is 0 Å². The van der Waals surface area contributed by atoms with Gasteiger partial charge in [-0.3, -0.25) is 0 Å². The average Bonchev–Trinajstić information content (AvgIpc) is 0. The van der Waals surface area contributed by atoms with Crippen LogP contribution in [0.1, 0.15) is 0 Å². The smallest absolute Gasteiger partial charge is 1.00 e. The summed E-state index contributed by atoms with van der Waals surface area (Å²) in [6.07, 6.45) is 0. The van der Waals surface area contributed by atoms with Crippen molar-refractivity contribution in [2.45, 2.75) is 0 Å². The summed E-state index contributed by atoms with van der Waals surface area (Å²) in [6, 6.07) is 0. The molecule has 36 valence electrons. The molecule has 0 aliphatic carbocycles. The van der Waals surface area contributed by atoms with Gasteiger partial charge in [0.05, 0.1) is 0 Å². The number of hydrogen-bond acceptors (Lipinski definition) is 0. The van der Waals surface area contributed by atoms with Crippen LogP contribution < -0.4 is 14.1 Å². The first-order chi connectivity index (χ1) is 0. The van der Waals surface area contributed by atoms with Crippen molar-refractivity contribution in [1.29, 1.82) is 0 Å². The van der Waals surface area contributed by atoms with Gasteiger partial charge in [0.2, 0.25) is 0 Å². The molecule has 4 heavy (non-hydrogen) atoms. The molecule has 0 radical (unpaired) electrons. The second-order valence-corrected chi connectivity index (χ2v) is 0. The fourth-order valence-electron chi connectivity index (χ4n) is 0. The molecule has 0 spiro atoms. The van der Waals surface area contributed by atoms with E-state index in [2.05, 4.69) is 0 Å². The SMILES string of the molecule is [F-].[F-].[F-].[Yb+2]. The molecule has 0 N–H and O–H groups in total. The Morgan fingerprint density at radius 3 is 0.500 bits per heavy atom. The van der Waals surface area contributed by atoms with Crippen molar-refractivity contribution in [2.24, 2.45) is 0 Å². The van der Waals surface area contributed by atoms with Crippen molar-refractivity contribution in [3.8, 4) is 0 Å². The molecule has 0 saturated heterocycles. The van der Waals surface area contributed by atoms with Crippen molar-refractivity contribution in [1.82, 2.24) is 0 Å². The molecular weight excluding hydrogens is 230 g/mol. The molecule has 0 atom stereocenters. The standard InChI is InChI=1S/3FH.Yb/h3*1H;/q;;;+2/p-3. The number of halogens is 3. The van der Waals surface area contributed by atoms with E-state index in [1.165, 1.54) is 0 Å². The van der Waals surface area contributed by atoms with Crippen LogP contribution in [-0.2, 0) is 0 Å². The van der Waals surface area contributed by atoms with Crippen molar-refractivity contribution in [3.05, 3.63) is 0 Å². The number of hydrogen-bond donors (Lipinski definition) is 0. The zero-order valence-corrected chi connectivity index (χ0v) is 3.12. The molecule has 4 heteroatoms. The zero-order chi connectivity index (χ0) is 0. The Hall–Kier alpha value is 1.31. The summed E-state index contributed by atoms with van der Waals surface area (Å²) in [6.45, 7) is 0. The first-order valence-electron chi connectivity index (χ1n) is 0. The molecule has 0 nitrogen and oxygen atoms in total. The molecule has 0 fully saturated rings. The van der Waals surface area contributed by atoms with Crippen LogP contribution in [0.4, 0.5) is 0 Å². The Balaban J connectivity index is 0. The first kappa shape index (κ1) is 57.5. The largest absolute Gasteiger partial charge is 2.00 e. The van der Waals surface area contributed by atoms with Gasteiger partial charge in [0, 0.05) is 0 Å². The minimum atomic E-state index is 0. The van der Waals surface area contributed by atoms with Crippen LogP contribution in [0.5, 0.6) is 0 Å². The summed E-state index contributed by atoms with van der Waals surface area (Å²) in [4.78, 5) is 0. The van der Waals surface area contributed by atoms with E-state index in [1.807, 2.05) is 0 Å². The zero-order valence-electron chi connectivity index (χ0n) is 1.40. The third kappa shape index (κ3) is 10.3. The van der Waals surface area contributed by atoms with Gasteiger partial charge in [-0.15, -0.1) is 0 Å². The molecule has 0 unspecified atom stereocenters. The van der Waals surface area contributed by atoms with Crippen LogP contribution in [0.3, 0.4) is 0 Å². The predicted octanol–water partition coefficient (Wildman–Crippen LogP) is -8.99. The second kappa shape index (κ2) is 27.5. The summed E-state index contributed by atoms with van der Waals surface area (Å²) in [5, 5.41) is 0. The van der Waals surface area contributed by atoms with E-state index in [9.17, 15) is 0 Å². The first-order valence-corrected chi connectivity index (χ1v) is 0. The van der Waals surface area contributed by atoms with E-state index in [0.717, 1.165) is 0 Å². The van der Waals surface area contributed by atoms with E-state index in [-0.39, 0.29) is 61.0 Å². The van der Waals surface area contributed by atoms with E-state index >= 15 is 0 Å². The van der Waals surface area contributed by atoms with Crippen molar-refractivity contribution < 1.29 is 61.0 Å². The monoisotopic (exact) mass is 231 g/mol. The van der Waals surface area contributed by atoms with Crippen LogP contribution >= 0.6 is 0 Å².